The number of carbonyl (C=O) groups is 1. The average molecular weight is 426 g/mol. The molecule has 1 unspecified atom stereocenters. The van der Waals surface area contributed by atoms with Crippen molar-refractivity contribution in [3.8, 4) is 0 Å². The van der Waals surface area contributed by atoms with E-state index < -0.39 is 0 Å². The molecule has 0 aliphatic heterocycles. The fourth-order valence-electron chi connectivity index (χ4n) is 3.31. The summed E-state index contributed by atoms with van der Waals surface area (Å²) in [5.74, 6) is 0.961. The zero-order valence-corrected chi connectivity index (χ0v) is 17.1. The van der Waals surface area contributed by atoms with Gasteiger partial charge < -0.3 is 4.42 Å². The third-order valence-electron chi connectivity index (χ3n) is 4.86. The second-order valence-corrected chi connectivity index (χ2v) is 8.27. The molecular formula is C18H24BrN3O2S. The molecule has 2 heterocycles. The van der Waals surface area contributed by atoms with Crippen LogP contribution in [0.3, 0.4) is 0 Å². The Morgan fingerprint density at radius 3 is 2.76 bits per heavy atom. The Bertz CT molecular complexity index is 682. The molecule has 2 aromatic rings. The van der Waals surface area contributed by atoms with Crippen LogP contribution < -0.4 is 4.90 Å². The van der Waals surface area contributed by atoms with E-state index >= 15 is 0 Å². The van der Waals surface area contributed by atoms with Crippen molar-refractivity contribution in [3.05, 3.63) is 34.1 Å². The number of hydrogen-bond acceptors (Lipinski definition) is 5. The summed E-state index contributed by atoms with van der Waals surface area (Å²) in [6, 6.07) is 3.83. The van der Waals surface area contributed by atoms with Gasteiger partial charge in [0.25, 0.3) is 0 Å². The summed E-state index contributed by atoms with van der Waals surface area (Å²) in [7, 11) is 1.96. The third-order valence-corrected chi connectivity index (χ3v) is 6.05. The van der Waals surface area contributed by atoms with Crippen molar-refractivity contribution in [1.82, 2.24) is 9.88 Å². The summed E-state index contributed by atoms with van der Waals surface area (Å²) in [5.41, 5.74) is 0. The molecule has 136 valence electrons. The van der Waals surface area contributed by atoms with E-state index in [0.717, 1.165) is 23.7 Å². The Balaban J connectivity index is 1.74. The minimum absolute atomic E-state index is 0.120. The molecule has 3 rings (SSSR count). The van der Waals surface area contributed by atoms with Gasteiger partial charge in [-0.3, -0.25) is 14.6 Å². The van der Waals surface area contributed by atoms with Crippen LogP contribution in [0, 0.1) is 0 Å². The molecule has 25 heavy (non-hydrogen) atoms. The predicted molar refractivity (Wildman–Crippen MR) is 104 cm³/mol. The fraction of sp³-hybridized carbons (Fsp3) is 0.556. The van der Waals surface area contributed by atoms with Crippen LogP contribution in [-0.4, -0.2) is 34.9 Å². The van der Waals surface area contributed by atoms with Gasteiger partial charge in [0.1, 0.15) is 5.76 Å². The quantitative estimate of drug-likeness (QED) is 0.673. The molecule has 0 bridgehead atoms. The van der Waals surface area contributed by atoms with Crippen LogP contribution in [0.5, 0.6) is 0 Å². The summed E-state index contributed by atoms with van der Waals surface area (Å²) >= 11 is 4.86. The number of nitrogens with zero attached hydrogens (tertiary/aromatic N) is 3. The summed E-state index contributed by atoms with van der Waals surface area (Å²) < 4.78 is 6.28. The maximum atomic E-state index is 13.3. The second kappa shape index (κ2) is 8.47. The molecular weight excluding hydrogens is 402 g/mol. The van der Waals surface area contributed by atoms with Gasteiger partial charge in [0, 0.05) is 17.6 Å². The number of amides is 1. The minimum atomic E-state index is -0.241. The molecule has 1 amide bonds. The van der Waals surface area contributed by atoms with E-state index in [0.29, 0.717) is 11.2 Å². The molecule has 1 aliphatic carbocycles. The van der Waals surface area contributed by atoms with E-state index in [2.05, 4.69) is 20.9 Å². The standard InChI is InChI=1S/C18H24BrN3O2S/c1-13(21(2)12-15-8-9-16(19)24-15)17(23)22(18-20-10-11-25-18)14-6-4-3-5-7-14/h8-11,13-14H,3-7,12H2,1-2H3. The first-order chi connectivity index (χ1) is 12.1. The highest BCUT2D eigenvalue weighted by atomic mass is 79.9. The highest BCUT2D eigenvalue weighted by molar-refractivity contribution is 9.10. The Morgan fingerprint density at radius 2 is 2.16 bits per heavy atom. The van der Waals surface area contributed by atoms with E-state index in [1.807, 2.05) is 41.3 Å². The lowest BCUT2D eigenvalue weighted by molar-refractivity contribution is -0.123. The zero-order valence-electron chi connectivity index (χ0n) is 14.7. The third kappa shape index (κ3) is 4.51. The molecule has 1 saturated carbocycles. The lowest BCUT2D eigenvalue weighted by Gasteiger charge is -2.36. The Labute approximate surface area is 161 Å². The maximum Gasteiger partial charge on any atom is 0.246 e. The Morgan fingerprint density at radius 1 is 1.40 bits per heavy atom. The molecule has 2 aromatic heterocycles. The van der Waals surface area contributed by atoms with E-state index in [1.165, 1.54) is 19.3 Å². The van der Waals surface area contributed by atoms with Gasteiger partial charge in [-0.25, -0.2) is 4.98 Å². The number of hydrogen-bond donors (Lipinski definition) is 0. The average Bonchev–Trinajstić information content (AvgIpc) is 3.27. The molecule has 0 N–H and O–H groups in total. The lowest BCUT2D eigenvalue weighted by Crippen LogP contribution is -2.50. The largest absolute Gasteiger partial charge is 0.453 e. The lowest BCUT2D eigenvalue weighted by atomic mass is 9.94. The first-order valence-electron chi connectivity index (χ1n) is 8.73. The molecule has 0 radical (unpaired) electrons. The highest BCUT2D eigenvalue weighted by Gasteiger charge is 2.33. The Hall–Kier alpha value is -1.18. The van der Waals surface area contributed by atoms with E-state index in [9.17, 15) is 4.79 Å². The van der Waals surface area contributed by atoms with Gasteiger partial charge in [-0.05, 0) is 54.9 Å². The normalized spacial score (nSPS) is 17.0. The van der Waals surface area contributed by atoms with Crippen molar-refractivity contribution < 1.29 is 9.21 Å². The predicted octanol–water partition coefficient (Wildman–Crippen LogP) is 4.68. The van der Waals surface area contributed by atoms with Crippen LogP contribution in [0.4, 0.5) is 5.13 Å². The summed E-state index contributed by atoms with van der Waals surface area (Å²) in [4.78, 5) is 21.7. The molecule has 1 aliphatic rings. The molecule has 7 heteroatoms. The van der Waals surface area contributed by atoms with Crippen molar-refractivity contribution in [2.75, 3.05) is 11.9 Å². The van der Waals surface area contributed by atoms with Crippen LogP contribution >= 0.6 is 27.3 Å². The van der Waals surface area contributed by atoms with Crippen molar-refractivity contribution in [1.29, 1.82) is 0 Å². The van der Waals surface area contributed by atoms with E-state index in [-0.39, 0.29) is 18.0 Å². The number of aromatic nitrogens is 1. The first-order valence-corrected chi connectivity index (χ1v) is 10.4. The fourth-order valence-corrected chi connectivity index (χ4v) is 4.37. The van der Waals surface area contributed by atoms with Crippen LogP contribution in [0.15, 0.2) is 32.8 Å². The summed E-state index contributed by atoms with van der Waals surface area (Å²) in [6.45, 7) is 2.55. The van der Waals surface area contributed by atoms with Crippen LogP contribution in [0.1, 0.15) is 44.8 Å². The monoisotopic (exact) mass is 425 g/mol. The van der Waals surface area contributed by atoms with Gasteiger partial charge in [-0.2, -0.15) is 0 Å². The molecule has 1 fully saturated rings. The SMILES string of the molecule is CC(C(=O)N(c1nccs1)C1CCCCC1)N(C)Cc1ccc(Br)o1. The van der Waals surface area contributed by atoms with Crippen LogP contribution in [0.25, 0.3) is 0 Å². The summed E-state index contributed by atoms with van der Waals surface area (Å²) in [5, 5.41) is 2.76. The number of halogens is 1. The molecule has 5 nitrogen and oxygen atoms in total. The molecule has 0 spiro atoms. The zero-order chi connectivity index (χ0) is 17.8. The molecule has 0 saturated heterocycles. The molecule has 1 atom stereocenters. The Kier molecular flexibility index (Phi) is 6.30. The van der Waals surface area contributed by atoms with Crippen LogP contribution in [-0.2, 0) is 11.3 Å². The van der Waals surface area contributed by atoms with Crippen LogP contribution in [0.2, 0.25) is 0 Å². The second-order valence-electron chi connectivity index (χ2n) is 6.61. The summed E-state index contributed by atoms with van der Waals surface area (Å²) in [6.07, 6.45) is 7.53. The number of likely N-dealkylation sites (N-methyl/N-ethyl adjacent to an activating group) is 1. The minimum Gasteiger partial charge on any atom is -0.453 e. The first kappa shape index (κ1) is 18.6. The van der Waals surface area contributed by atoms with Gasteiger partial charge in [0.2, 0.25) is 5.91 Å². The number of furan rings is 1. The van der Waals surface area contributed by atoms with Crippen molar-refractivity contribution in [3.63, 3.8) is 0 Å². The van der Waals surface area contributed by atoms with Gasteiger partial charge >= 0.3 is 0 Å². The van der Waals surface area contributed by atoms with Crippen molar-refractivity contribution >= 4 is 38.3 Å². The van der Waals surface area contributed by atoms with Gasteiger partial charge in [-0.15, -0.1) is 11.3 Å². The van der Waals surface area contributed by atoms with Crippen molar-refractivity contribution in [2.45, 2.75) is 57.7 Å². The smallest absolute Gasteiger partial charge is 0.246 e. The number of rotatable bonds is 6. The number of anilines is 1. The molecule has 0 aromatic carbocycles. The topological polar surface area (TPSA) is 49.6 Å². The van der Waals surface area contributed by atoms with Gasteiger partial charge in [0.05, 0.1) is 12.6 Å². The number of carbonyl (C=O) groups excluding carboxylic acids is 1. The van der Waals surface area contributed by atoms with E-state index in [4.69, 9.17) is 4.42 Å². The highest BCUT2D eigenvalue weighted by Crippen LogP contribution is 2.30. The maximum absolute atomic E-state index is 13.3. The van der Waals surface area contributed by atoms with Gasteiger partial charge in [-0.1, -0.05) is 19.3 Å². The van der Waals surface area contributed by atoms with E-state index in [1.54, 1.807) is 17.5 Å². The number of thiazole rings is 1. The van der Waals surface area contributed by atoms with Crippen molar-refractivity contribution in [2.24, 2.45) is 0 Å². The van der Waals surface area contributed by atoms with Gasteiger partial charge in [0.15, 0.2) is 9.80 Å².